The molecule has 114 valence electrons. The van der Waals surface area contributed by atoms with E-state index >= 15 is 0 Å². The van der Waals surface area contributed by atoms with Crippen LogP contribution in [-0.4, -0.2) is 19.0 Å². The van der Waals surface area contributed by atoms with E-state index in [1.165, 1.54) is 0 Å². The zero-order chi connectivity index (χ0) is 15.8. The molecule has 0 unspecified atom stereocenters. The van der Waals surface area contributed by atoms with Crippen LogP contribution in [0.25, 0.3) is 5.76 Å². The highest BCUT2D eigenvalue weighted by Gasteiger charge is 2.21. The predicted molar refractivity (Wildman–Crippen MR) is 87.4 cm³/mol. The van der Waals surface area contributed by atoms with Crippen LogP contribution in [0.15, 0.2) is 66.4 Å². The van der Waals surface area contributed by atoms with Gasteiger partial charge in [-0.3, -0.25) is 4.79 Å². The first kappa shape index (κ1) is 15.8. The summed E-state index contributed by atoms with van der Waals surface area (Å²) >= 11 is 0. The van der Waals surface area contributed by atoms with Crippen molar-refractivity contribution >= 4 is 11.5 Å². The summed E-state index contributed by atoms with van der Waals surface area (Å²) in [5, 5.41) is 0. The van der Waals surface area contributed by atoms with Crippen LogP contribution in [0.3, 0.4) is 0 Å². The molecule has 0 fully saturated rings. The molecule has 2 aromatic carbocycles. The van der Waals surface area contributed by atoms with Gasteiger partial charge in [-0.25, -0.2) is 0 Å². The van der Waals surface area contributed by atoms with Gasteiger partial charge in [-0.15, -0.1) is 0 Å². The lowest BCUT2D eigenvalue weighted by atomic mass is 10.1. The maximum atomic E-state index is 12.8. The Kier molecular flexibility index (Phi) is 5.78. The molecular weight excluding hydrogens is 276 g/mol. The smallest absolute Gasteiger partial charge is 0.231 e. The number of carbonyl (C=O) groups is 1. The molecule has 0 N–H and O–H groups in total. The fraction of sp³-hybridized carbons (Fsp3) is 0.211. The second kappa shape index (κ2) is 8.03. The third-order valence-corrected chi connectivity index (χ3v) is 3.06. The van der Waals surface area contributed by atoms with E-state index in [9.17, 15) is 4.79 Å². The van der Waals surface area contributed by atoms with E-state index in [4.69, 9.17) is 9.47 Å². The minimum atomic E-state index is -0.172. The van der Waals surface area contributed by atoms with Crippen LogP contribution < -0.4 is 0 Å². The van der Waals surface area contributed by atoms with Crippen molar-refractivity contribution in [3.8, 4) is 0 Å². The Morgan fingerprint density at radius 3 is 1.77 bits per heavy atom. The van der Waals surface area contributed by atoms with Crippen molar-refractivity contribution in [3.05, 3.63) is 77.5 Å². The number of rotatable bonds is 7. The van der Waals surface area contributed by atoms with Crippen LogP contribution in [0.2, 0.25) is 0 Å². The lowest BCUT2D eigenvalue weighted by Crippen LogP contribution is -2.11. The number of benzene rings is 2. The Morgan fingerprint density at radius 2 is 1.27 bits per heavy atom. The predicted octanol–water partition coefficient (Wildman–Crippen LogP) is 4.31. The van der Waals surface area contributed by atoms with Gasteiger partial charge in [0.2, 0.25) is 11.5 Å². The summed E-state index contributed by atoms with van der Waals surface area (Å²) in [5.74, 6) is 0.565. The first-order valence-corrected chi connectivity index (χ1v) is 7.43. The minimum Gasteiger partial charge on any atom is -0.489 e. The molecule has 3 heteroatoms. The van der Waals surface area contributed by atoms with E-state index < -0.39 is 0 Å². The van der Waals surface area contributed by atoms with Crippen molar-refractivity contribution in [2.24, 2.45) is 0 Å². The number of carbonyl (C=O) groups excluding carboxylic acids is 1. The highest BCUT2D eigenvalue weighted by molar-refractivity contribution is 6.11. The Bertz CT molecular complexity index is 630. The Morgan fingerprint density at radius 1 is 0.773 bits per heavy atom. The van der Waals surface area contributed by atoms with Crippen LogP contribution in [-0.2, 0) is 9.47 Å². The van der Waals surface area contributed by atoms with Gasteiger partial charge in [0.25, 0.3) is 0 Å². The van der Waals surface area contributed by atoms with Crippen molar-refractivity contribution in [1.29, 1.82) is 0 Å². The fourth-order valence-corrected chi connectivity index (χ4v) is 2.11. The number of ketones is 1. The van der Waals surface area contributed by atoms with Crippen LogP contribution in [0.1, 0.15) is 29.8 Å². The number of ether oxygens (including phenoxy) is 2. The van der Waals surface area contributed by atoms with Crippen LogP contribution in [0.5, 0.6) is 0 Å². The first-order valence-electron chi connectivity index (χ1n) is 7.43. The molecule has 0 spiro atoms. The number of Topliss-reactive ketones (excluding diaryl/α,β-unsaturated/α-hetero) is 1. The van der Waals surface area contributed by atoms with Gasteiger partial charge >= 0.3 is 0 Å². The Labute approximate surface area is 131 Å². The van der Waals surface area contributed by atoms with E-state index in [-0.39, 0.29) is 11.5 Å². The van der Waals surface area contributed by atoms with Crippen molar-refractivity contribution in [3.63, 3.8) is 0 Å². The normalized spacial score (nSPS) is 11.5. The van der Waals surface area contributed by atoms with E-state index in [1.54, 1.807) is 12.1 Å². The summed E-state index contributed by atoms with van der Waals surface area (Å²) in [5.41, 5.74) is 1.41. The molecule has 2 aromatic rings. The molecule has 0 aliphatic carbocycles. The quantitative estimate of drug-likeness (QED) is 0.434. The number of allylic oxidation sites excluding steroid dienone is 1. The minimum absolute atomic E-state index is 0.172. The van der Waals surface area contributed by atoms with E-state index in [2.05, 4.69) is 0 Å². The second-order valence-electron chi connectivity index (χ2n) is 4.59. The van der Waals surface area contributed by atoms with E-state index in [0.717, 1.165) is 5.56 Å². The maximum absolute atomic E-state index is 12.8. The maximum Gasteiger partial charge on any atom is 0.231 e. The highest BCUT2D eigenvalue weighted by Crippen LogP contribution is 2.24. The summed E-state index contributed by atoms with van der Waals surface area (Å²) in [7, 11) is 0. The van der Waals surface area contributed by atoms with Crippen molar-refractivity contribution < 1.29 is 14.3 Å². The van der Waals surface area contributed by atoms with Crippen molar-refractivity contribution in [2.75, 3.05) is 13.2 Å². The van der Waals surface area contributed by atoms with Crippen LogP contribution in [0, 0.1) is 0 Å². The standard InChI is InChI=1S/C19H20O3/c1-3-21-18(16-13-9-6-10-14-16)19(22-4-2)17(20)15-11-7-5-8-12-15/h5-14H,3-4H2,1-2H3. The lowest BCUT2D eigenvalue weighted by molar-refractivity contribution is 0.0915. The molecule has 3 nitrogen and oxygen atoms in total. The molecule has 0 bridgehead atoms. The van der Waals surface area contributed by atoms with Gasteiger partial charge in [-0.05, 0) is 13.8 Å². The lowest BCUT2D eigenvalue weighted by Gasteiger charge is -2.15. The third kappa shape index (κ3) is 3.76. The Balaban J connectivity index is 2.51. The molecule has 0 aliphatic heterocycles. The van der Waals surface area contributed by atoms with Gasteiger partial charge in [0.05, 0.1) is 13.2 Å². The largest absolute Gasteiger partial charge is 0.489 e. The SMILES string of the molecule is CCOC(C(=O)c1ccccc1)=C(OCC)c1ccccc1. The monoisotopic (exact) mass is 296 g/mol. The fourth-order valence-electron chi connectivity index (χ4n) is 2.11. The molecule has 0 heterocycles. The second-order valence-corrected chi connectivity index (χ2v) is 4.59. The van der Waals surface area contributed by atoms with E-state index in [0.29, 0.717) is 24.5 Å². The molecule has 0 amide bonds. The third-order valence-electron chi connectivity index (χ3n) is 3.06. The number of hydrogen-bond donors (Lipinski definition) is 0. The van der Waals surface area contributed by atoms with Gasteiger partial charge in [-0.1, -0.05) is 60.7 Å². The van der Waals surface area contributed by atoms with Crippen molar-refractivity contribution in [1.82, 2.24) is 0 Å². The van der Waals surface area contributed by atoms with Gasteiger partial charge in [0, 0.05) is 11.1 Å². The van der Waals surface area contributed by atoms with Gasteiger partial charge in [0.1, 0.15) is 0 Å². The summed E-state index contributed by atoms with van der Waals surface area (Å²) in [4.78, 5) is 12.8. The first-order chi connectivity index (χ1) is 10.8. The average Bonchev–Trinajstić information content (AvgIpc) is 2.59. The average molecular weight is 296 g/mol. The topological polar surface area (TPSA) is 35.5 Å². The van der Waals surface area contributed by atoms with Gasteiger partial charge in [0.15, 0.2) is 5.76 Å². The Hall–Kier alpha value is -2.55. The highest BCUT2D eigenvalue weighted by atomic mass is 16.5. The molecule has 0 saturated heterocycles. The van der Waals surface area contributed by atoms with E-state index in [1.807, 2.05) is 62.4 Å². The summed E-state index contributed by atoms with van der Waals surface area (Å²) in [6.45, 7) is 4.60. The molecule has 0 aliphatic rings. The van der Waals surface area contributed by atoms with Crippen molar-refractivity contribution in [2.45, 2.75) is 13.8 Å². The summed E-state index contributed by atoms with van der Waals surface area (Å²) in [6, 6.07) is 18.6. The van der Waals surface area contributed by atoms with Gasteiger partial charge in [-0.2, -0.15) is 0 Å². The van der Waals surface area contributed by atoms with Crippen LogP contribution in [0.4, 0.5) is 0 Å². The number of hydrogen-bond acceptors (Lipinski definition) is 3. The van der Waals surface area contributed by atoms with Crippen LogP contribution >= 0.6 is 0 Å². The summed E-state index contributed by atoms with van der Waals surface area (Å²) in [6.07, 6.45) is 0. The molecule has 2 rings (SSSR count). The molecule has 0 saturated carbocycles. The zero-order valence-corrected chi connectivity index (χ0v) is 12.9. The molecule has 0 atom stereocenters. The molecular formula is C19H20O3. The molecule has 22 heavy (non-hydrogen) atoms. The molecule has 0 aromatic heterocycles. The zero-order valence-electron chi connectivity index (χ0n) is 12.9. The molecule has 0 radical (unpaired) electrons. The summed E-state index contributed by atoms with van der Waals surface area (Å²) < 4.78 is 11.4. The van der Waals surface area contributed by atoms with Gasteiger partial charge < -0.3 is 9.47 Å².